The second kappa shape index (κ2) is 7.46. The molecule has 1 rings (SSSR count). The molecule has 0 fully saturated rings. The van der Waals surface area contributed by atoms with Crippen molar-refractivity contribution in [3.63, 3.8) is 0 Å². The van der Waals surface area contributed by atoms with Crippen LogP contribution in [-0.2, 0) is 6.42 Å². The summed E-state index contributed by atoms with van der Waals surface area (Å²) < 4.78 is 0. The van der Waals surface area contributed by atoms with Gasteiger partial charge in [-0.05, 0) is 37.9 Å². The van der Waals surface area contributed by atoms with Crippen LogP contribution in [0.2, 0.25) is 0 Å². The summed E-state index contributed by atoms with van der Waals surface area (Å²) in [5.74, 6) is 0. The van der Waals surface area contributed by atoms with Gasteiger partial charge in [0.25, 0.3) is 0 Å². The van der Waals surface area contributed by atoms with Gasteiger partial charge in [-0.1, -0.05) is 37.6 Å². The molecule has 96 valence electrons. The summed E-state index contributed by atoms with van der Waals surface area (Å²) in [6.45, 7) is 11.8. The molecule has 0 aliphatic rings. The molecule has 2 N–H and O–H groups in total. The third-order valence-electron chi connectivity index (χ3n) is 2.92. The highest BCUT2D eigenvalue weighted by Crippen LogP contribution is 2.10. The van der Waals surface area contributed by atoms with E-state index in [1.165, 1.54) is 16.7 Å². The average Bonchev–Trinajstić information content (AvgIpc) is 2.25. The minimum Gasteiger partial charge on any atom is -0.315 e. The van der Waals surface area contributed by atoms with Crippen LogP contribution in [0.1, 0.15) is 30.5 Å². The lowest BCUT2D eigenvalue weighted by Crippen LogP contribution is -2.32. The fourth-order valence-corrected chi connectivity index (χ4v) is 1.92. The fraction of sp³-hybridized carbons (Fsp3) is 0.600. The van der Waals surface area contributed by atoms with Crippen LogP contribution >= 0.6 is 0 Å². The van der Waals surface area contributed by atoms with Gasteiger partial charge in [0.1, 0.15) is 0 Å². The number of hydrogen-bond acceptors (Lipinski definition) is 2. The molecule has 2 nitrogen and oxygen atoms in total. The smallest absolute Gasteiger partial charge is 0.00790 e. The largest absolute Gasteiger partial charge is 0.315 e. The molecule has 0 spiro atoms. The standard InChI is InChI=1S/C15H26N2/c1-12(2)17-10-9-16-8-7-15-6-5-13(3)11-14(15)4/h5-6,11-12,16-17H,7-10H2,1-4H3. The van der Waals surface area contributed by atoms with Crippen LogP contribution in [0, 0.1) is 13.8 Å². The number of benzene rings is 1. The third kappa shape index (κ3) is 5.85. The third-order valence-corrected chi connectivity index (χ3v) is 2.92. The highest BCUT2D eigenvalue weighted by Gasteiger charge is 1.98. The van der Waals surface area contributed by atoms with E-state index in [9.17, 15) is 0 Å². The highest BCUT2D eigenvalue weighted by molar-refractivity contribution is 5.30. The molecular weight excluding hydrogens is 208 g/mol. The molecule has 17 heavy (non-hydrogen) atoms. The number of rotatable bonds is 7. The molecule has 0 saturated heterocycles. The Bertz CT molecular complexity index is 332. The zero-order chi connectivity index (χ0) is 12.7. The Kier molecular flexibility index (Phi) is 6.23. The topological polar surface area (TPSA) is 24.1 Å². The van der Waals surface area contributed by atoms with Gasteiger partial charge in [0, 0.05) is 19.1 Å². The van der Waals surface area contributed by atoms with Crippen molar-refractivity contribution < 1.29 is 0 Å². The second-order valence-electron chi connectivity index (χ2n) is 5.04. The molecule has 1 aromatic carbocycles. The number of hydrogen-bond donors (Lipinski definition) is 2. The maximum Gasteiger partial charge on any atom is 0.00790 e. The molecule has 2 heteroatoms. The summed E-state index contributed by atoms with van der Waals surface area (Å²) in [5.41, 5.74) is 4.22. The fourth-order valence-electron chi connectivity index (χ4n) is 1.92. The molecule has 0 saturated carbocycles. The molecule has 0 aliphatic heterocycles. The zero-order valence-electron chi connectivity index (χ0n) is 11.6. The molecule has 0 unspecified atom stereocenters. The maximum absolute atomic E-state index is 3.47. The summed E-state index contributed by atoms with van der Waals surface area (Å²) in [6, 6.07) is 7.29. The van der Waals surface area contributed by atoms with Gasteiger partial charge >= 0.3 is 0 Å². The van der Waals surface area contributed by atoms with Crippen molar-refractivity contribution >= 4 is 0 Å². The van der Waals surface area contributed by atoms with Gasteiger partial charge in [0.15, 0.2) is 0 Å². The van der Waals surface area contributed by atoms with Crippen LogP contribution < -0.4 is 10.6 Å². The van der Waals surface area contributed by atoms with Crippen LogP contribution in [-0.4, -0.2) is 25.7 Å². The summed E-state index contributed by atoms with van der Waals surface area (Å²) in [7, 11) is 0. The van der Waals surface area contributed by atoms with Gasteiger partial charge in [0.2, 0.25) is 0 Å². The Labute approximate surface area is 106 Å². The van der Waals surface area contributed by atoms with Crippen LogP contribution in [0.3, 0.4) is 0 Å². The first-order valence-electron chi connectivity index (χ1n) is 6.60. The zero-order valence-corrected chi connectivity index (χ0v) is 11.6. The Morgan fingerprint density at radius 1 is 1.06 bits per heavy atom. The van der Waals surface area contributed by atoms with Crippen molar-refractivity contribution in [3.05, 3.63) is 34.9 Å². The summed E-state index contributed by atoms with van der Waals surface area (Å²) in [4.78, 5) is 0. The van der Waals surface area contributed by atoms with Crippen LogP contribution in [0.4, 0.5) is 0 Å². The van der Waals surface area contributed by atoms with Crippen molar-refractivity contribution in [2.45, 2.75) is 40.2 Å². The molecule has 0 aromatic heterocycles. The Balaban J connectivity index is 2.18. The van der Waals surface area contributed by atoms with Crippen LogP contribution in [0.25, 0.3) is 0 Å². The SMILES string of the molecule is Cc1ccc(CCNCCNC(C)C)c(C)c1. The van der Waals surface area contributed by atoms with Gasteiger partial charge in [-0.15, -0.1) is 0 Å². The molecule has 0 radical (unpaired) electrons. The van der Waals surface area contributed by atoms with E-state index in [0.717, 1.165) is 26.1 Å². The predicted octanol–water partition coefficient (Wildman–Crippen LogP) is 2.43. The molecule has 0 bridgehead atoms. The lowest BCUT2D eigenvalue weighted by Gasteiger charge is -2.10. The van der Waals surface area contributed by atoms with E-state index >= 15 is 0 Å². The van der Waals surface area contributed by atoms with Gasteiger partial charge in [-0.2, -0.15) is 0 Å². The second-order valence-corrected chi connectivity index (χ2v) is 5.04. The predicted molar refractivity (Wildman–Crippen MR) is 75.6 cm³/mol. The molecule has 0 amide bonds. The van der Waals surface area contributed by atoms with Crippen molar-refractivity contribution in [2.75, 3.05) is 19.6 Å². The number of nitrogens with one attached hydrogen (secondary N) is 2. The molecule has 0 atom stereocenters. The van der Waals surface area contributed by atoms with Crippen molar-refractivity contribution in [2.24, 2.45) is 0 Å². The average molecular weight is 234 g/mol. The first-order valence-corrected chi connectivity index (χ1v) is 6.60. The van der Waals surface area contributed by atoms with E-state index in [0.29, 0.717) is 6.04 Å². The van der Waals surface area contributed by atoms with Crippen molar-refractivity contribution in [3.8, 4) is 0 Å². The van der Waals surface area contributed by atoms with Crippen molar-refractivity contribution in [1.82, 2.24) is 10.6 Å². The number of aryl methyl sites for hydroxylation is 2. The summed E-state index contributed by atoms with van der Waals surface area (Å²) in [6.07, 6.45) is 1.12. The van der Waals surface area contributed by atoms with E-state index in [-0.39, 0.29) is 0 Å². The molecular formula is C15H26N2. The van der Waals surface area contributed by atoms with Crippen molar-refractivity contribution in [1.29, 1.82) is 0 Å². The van der Waals surface area contributed by atoms with Crippen LogP contribution in [0.15, 0.2) is 18.2 Å². The summed E-state index contributed by atoms with van der Waals surface area (Å²) in [5, 5.41) is 6.87. The quantitative estimate of drug-likeness (QED) is 0.708. The highest BCUT2D eigenvalue weighted by atomic mass is 14.9. The van der Waals surface area contributed by atoms with E-state index in [2.05, 4.69) is 56.5 Å². The first kappa shape index (κ1) is 14.2. The summed E-state index contributed by atoms with van der Waals surface area (Å²) >= 11 is 0. The van der Waals surface area contributed by atoms with E-state index < -0.39 is 0 Å². The maximum atomic E-state index is 3.47. The van der Waals surface area contributed by atoms with E-state index in [1.807, 2.05) is 0 Å². The van der Waals surface area contributed by atoms with Gasteiger partial charge in [0.05, 0.1) is 0 Å². The first-order chi connectivity index (χ1) is 8.09. The normalized spacial score (nSPS) is 11.1. The van der Waals surface area contributed by atoms with Crippen LogP contribution in [0.5, 0.6) is 0 Å². The van der Waals surface area contributed by atoms with Gasteiger partial charge in [-0.3, -0.25) is 0 Å². The van der Waals surface area contributed by atoms with Gasteiger partial charge < -0.3 is 10.6 Å². The lowest BCUT2D eigenvalue weighted by molar-refractivity contribution is 0.556. The minimum absolute atomic E-state index is 0.580. The molecule has 0 heterocycles. The van der Waals surface area contributed by atoms with E-state index in [4.69, 9.17) is 0 Å². The molecule has 1 aromatic rings. The van der Waals surface area contributed by atoms with E-state index in [1.54, 1.807) is 0 Å². The molecule has 0 aliphatic carbocycles. The minimum atomic E-state index is 0.580. The Morgan fingerprint density at radius 3 is 2.47 bits per heavy atom. The Morgan fingerprint density at radius 2 is 1.82 bits per heavy atom. The Hall–Kier alpha value is -0.860. The lowest BCUT2D eigenvalue weighted by atomic mass is 10.0. The monoisotopic (exact) mass is 234 g/mol. The van der Waals surface area contributed by atoms with Gasteiger partial charge in [-0.25, -0.2) is 0 Å².